The first-order chi connectivity index (χ1) is 24.4. The van der Waals surface area contributed by atoms with Gasteiger partial charge in [-0.1, -0.05) is 44.5 Å². The lowest BCUT2D eigenvalue weighted by Gasteiger charge is -2.35. The molecule has 20 heteroatoms. The minimum absolute atomic E-state index is 0.000751. The van der Waals surface area contributed by atoms with E-state index in [1.807, 2.05) is 26.1 Å². The number of nitrogens with one attached hydrogen (secondary N) is 2. The predicted molar refractivity (Wildman–Crippen MR) is 172 cm³/mol. The molecule has 1 saturated carbocycles. The third-order valence-corrected chi connectivity index (χ3v) is 9.18. The number of carbonyl (C=O) groups is 2. The molecule has 0 radical (unpaired) electrons. The smallest absolute Gasteiger partial charge is 0.411 e. The summed E-state index contributed by atoms with van der Waals surface area (Å²) in [6, 6.07) is 6.72. The van der Waals surface area contributed by atoms with Crippen molar-refractivity contribution in [3.05, 3.63) is 82.9 Å². The molecule has 1 unspecified atom stereocenters. The SMILES string of the molecule is CC(C)(C)C[C@]1(c2ccc(-n3nccn3)c(F)c2)NC(N)N([C@H](COC(=O)NC2(C(F)(F)F)CC2)c2ccc(Cl)c(-n3ncnc3C(F)F)c2)C1=O. The van der Waals surface area contributed by atoms with Crippen LogP contribution in [0.25, 0.3) is 11.4 Å². The van der Waals surface area contributed by atoms with E-state index in [0.717, 1.165) is 26.8 Å². The Bertz CT molecular complexity index is 1960. The van der Waals surface area contributed by atoms with Crippen LogP contribution in [0, 0.1) is 11.2 Å². The van der Waals surface area contributed by atoms with Crippen LogP contribution in [0.1, 0.15) is 69.5 Å². The molecular weight excluding hydrogens is 722 g/mol. The highest BCUT2D eigenvalue weighted by Crippen LogP contribution is 2.49. The lowest BCUT2D eigenvalue weighted by molar-refractivity contribution is -0.164. The molecule has 1 aliphatic carbocycles. The molecule has 2 aliphatic rings. The zero-order valence-corrected chi connectivity index (χ0v) is 28.6. The standard InChI is InChI=1S/C32H33ClF6N10O3/c1-29(2,3)15-31(18-5-7-21(20(34)13-18)49-42-10-11-43-49)26(50)47(27(40)45-31)23(14-52-28(51)46-30(8-9-30)32(37,38)39)17-4-6-19(33)22(12-17)48-25(24(35)36)41-16-44-48/h4-7,10-13,16,23-24,27,45H,8-9,14-15,40H2,1-3H3,(H,46,51)/t23-,27?,31-/m1/s1. The summed E-state index contributed by atoms with van der Waals surface area (Å²) < 4.78 is 90.3. The van der Waals surface area contributed by atoms with Gasteiger partial charge in [-0.2, -0.15) is 28.5 Å². The summed E-state index contributed by atoms with van der Waals surface area (Å²) in [6.45, 7) is 4.80. The summed E-state index contributed by atoms with van der Waals surface area (Å²) in [6.07, 6.45) is -7.57. The number of nitrogens with zero attached hydrogens (tertiary/aromatic N) is 7. The highest BCUT2D eigenvalue weighted by Gasteiger charge is 2.65. The van der Waals surface area contributed by atoms with Gasteiger partial charge < -0.3 is 15.0 Å². The Hall–Kier alpha value is -4.75. The summed E-state index contributed by atoms with van der Waals surface area (Å²) in [5, 5.41) is 16.7. The van der Waals surface area contributed by atoms with Gasteiger partial charge in [0.2, 0.25) is 0 Å². The summed E-state index contributed by atoms with van der Waals surface area (Å²) in [5.41, 5.74) is 2.10. The topological polar surface area (TPSA) is 158 Å². The molecule has 4 N–H and O–H groups in total. The first-order valence-electron chi connectivity index (χ1n) is 15.9. The van der Waals surface area contributed by atoms with E-state index in [-0.39, 0.29) is 46.8 Å². The molecule has 3 atom stereocenters. The van der Waals surface area contributed by atoms with Crippen LogP contribution in [-0.2, 0) is 15.1 Å². The Labute approximate surface area is 297 Å². The summed E-state index contributed by atoms with van der Waals surface area (Å²) in [5.74, 6) is -2.21. The third kappa shape index (κ3) is 6.91. The number of ether oxygens (including phenoxy) is 1. The molecule has 0 spiro atoms. The number of hydrogen-bond acceptors (Lipinski definition) is 9. The molecule has 3 heterocycles. The van der Waals surface area contributed by atoms with Crippen molar-refractivity contribution in [2.45, 2.75) is 76.0 Å². The third-order valence-electron chi connectivity index (χ3n) is 8.86. The van der Waals surface area contributed by atoms with Gasteiger partial charge in [0.25, 0.3) is 12.3 Å². The maximum absolute atomic E-state index is 15.6. The van der Waals surface area contributed by atoms with E-state index in [1.54, 1.807) is 0 Å². The second-order valence-corrected chi connectivity index (χ2v) is 14.2. The first kappa shape index (κ1) is 37.0. The van der Waals surface area contributed by atoms with E-state index in [9.17, 15) is 31.5 Å². The number of carbonyl (C=O) groups excluding carboxylic acids is 2. The molecule has 0 bridgehead atoms. The highest BCUT2D eigenvalue weighted by atomic mass is 35.5. The van der Waals surface area contributed by atoms with E-state index in [0.29, 0.717) is 0 Å². The number of halogens is 7. The fourth-order valence-corrected chi connectivity index (χ4v) is 6.58. The Morgan fingerprint density at radius 3 is 2.38 bits per heavy atom. The minimum atomic E-state index is -4.74. The lowest BCUT2D eigenvalue weighted by atomic mass is 9.75. The lowest BCUT2D eigenvalue weighted by Crippen LogP contribution is -2.50. The average molecular weight is 755 g/mol. The van der Waals surface area contributed by atoms with E-state index in [1.165, 1.54) is 42.7 Å². The number of amides is 2. The first-order valence-corrected chi connectivity index (χ1v) is 16.3. The van der Waals surface area contributed by atoms with E-state index in [2.05, 4.69) is 25.6 Å². The molecule has 278 valence electrons. The fourth-order valence-electron chi connectivity index (χ4n) is 6.38. The van der Waals surface area contributed by atoms with Crippen molar-refractivity contribution in [2.24, 2.45) is 11.1 Å². The summed E-state index contributed by atoms with van der Waals surface area (Å²) in [7, 11) is 0. The van der Waals surface area contributed by atoms with E-state index in [4.69, 9.17) is 22.1 Å². The molecule has 1 saturated heterocycles. The van der Waals surface area contributed by atoms with Gasteiger partial charge in [-0.3, -0.25) is 15.8 Å². The van der Waals surface area contributed by atoms with Crippen LogP contribution in [0.3, 0.4) is 0 Å². The molecular formula is C32H33ClF6N10O3. The Kier molecular flexibility index (Phi) is 9.50. The number of nitrogens with two attached hydrogens (primary N) is 1. The minimum Gasteiger partial charge on any atom is -0.447 e. The monoisotopic (exact) mass is 754 g/mol. The fraction of sp³-hybridized carbons (Fsp3) is 0.438. The second kappa shape index (κ2) is 13.3. The Morgan fingerprint density at radius 1 is 1.10 bits per heavy atom. The quantitative estimate of drug-likeness (QED) is 0.179. The van der Waals surface area contributed by atoms with E-state index < -0.39 is 71.7 Å². The number of alkyl carbamates (subject to hydrolysis) is 1. The van der Waals surface area contributed by atoms with Crippen LogP contribution in [0.4, 0.5) is 31.1 Å². The Morgan fingerprint density at radius 2 is 1.79 bits per heavy atom. The molecule has 4 aromatic rings. The van der Waals surface area contributed by atoms with Crippen molar-refractivity contribution in [1.82, 2.24) is 45.3 Å². The second-order valence-electron chi connectivity index (χ2n) is 13.8. The summed E-state index contributed by atoms with van der Waals surface area (Å²) in [4.78, 5) is 33.5. The van der Waals surface area contributed by atoms with Gasteiger partial charge in [-0.25, -0.2) is 27.6 Å². The number of alkyl halides is 5. The van der Waals surface area contributed by atoms with Gasteiger partial charge in [-0.05, 0) is 60.1 Å². The van der Waals surface area contributed by atoms with Crippen LogP contribution in [0.15, 0.2) is 55.1 Å². The number of aromatic nitrogens is 6. The van der Waals surface area contributed by atoms with Gasteiger partial charge in [0.1, 0.15) is 36.0 Å². The van der Waals surface area contributed by atoms with Gasteiger partial charge in [0.05, 0.1) is 29.1 Å². The predicted octanol–water partition coefficient (Wildman–Crippen LogP) is 5.45. The van der Waals surface area contributed by atoms with Crippen LogP contribution < -0.4 is 16.4 Å². The molecule has 2 aromatic heterocycles. The molecule has 13 nitrogen and oxygen atoms in total. The molecule has 2 amide bonds. The maximum atomic E-state index is 15.6. The zero-order chi connectivity index (χ0) is 37.8. The molecule has 52 heavy (non-hydrogen) atoms. The molecule has 2 fully saturated rings. The van der Waals surface area contributed by atoms with Gasteiger partial charge >= 0.3 is 12.3 Å². The normalized spacial score (nSPS) is 20.7. The zero-order valence-electron chi connectivity index (χ0n) is 27.8. The van der Waals surface area contributed by atoms with Crippen molar-refractivity contribution in [1.29, 1.82) is 0 Å². The van der Waals surface area contributed by atoms with Gasteiger partial charge in [0.15, 0.2) is 11.6 Å². The van der Waals surface area contributed by atoms with Crippen LogP contribution in [-0.4, -0.2) is 71.3 Å². The van der Waals surface area contributed by atoms with Crippen LogP contribution in [0.2, 0.25) is 5.02 Å². The van der Waals surface area contributed by atoms with Crippen molar-refractivity contribution in [2.75, 3.05) is 6.61 Å². The molecule has 2 aromatic carbocycles. The van der Waals surface area contributed by atoms with Crippen LogP contribution >= 0.6 is 11.6 Å². The van der Waals surface area contributed by atoms with Crippen molar-refractivity contribution in [3.63, 3.8) is 0 Å². The van der Waals surface area contributed by atoms with Gasteiger partial charge in [0, 0.05) is 0 Å². The largest absolute Gasteiger partial charge is 0.447 e. The Balaban J connectivity index is 1.42. The number of hydrogen-bond donors (Lipinski definition) is 3. The van der Waals surface area contributed by atoms with Crippen molar-refractivity contribution < 1.29 is 40.7 Å². The number of benzene rings is 2. The average Bonchev–Trinajstić information content (AvgIpc) is 3.37. The maximum Gasteiger partial charge on any atom is 0.411 e. The van der Waals surface area contributed by atoms with E-state index >= 15 is 4.39 Å². The van der Waals surface area contributed by atoms with Crippen molar-refractivity contribution in [3.8, 4) is 11.4 Å². The van der Waals surface area contributed by atoms with Gasteiger partial charge in [-0.15, -0.1) is 4.80 Å². The molecule has 1 aliphatic heterocycles. The number of rotatable bonds is 10. The highest BCUT2D eigenvalue weighted by molar-refractivity contribution is 6.32. The summed E-state index contributed by atoms with van der Waals surface area (Å²) >= 11 is 6.40. The van der Waals surface area contributed by atoms with Crippen molar-refractivity contribution >= 4 is 23.6 Å². The molecule has 6 rings (SSSR count). The van der Waals surface area contributed by atoms with Crippen LogP contribution in [0.5, 0.6) is 0 Å².